The molecule has 0 amide bonds. The van der Waals surface area contributed by atoms with Gasteiger partial charge in [0.15, 0.2) is 0 Å². The zero-order chi connectivity index (χ0) is 38.3. The van der Waals surface area contributed by atoms with Crippen molar-refractivity contribution in [2.45, 2.75) is 18.5 Å². The Hall–Kier alpha value is -6.54. The normalized spacial score (nSPS) is 17.7. The highest BCUT2D eigenvalue weighted by Crippen LogP contribution is 2.43. The predicted octanol–water partition coefficient (Wildman–Crippen LogP) is 13.2. The Morgan fingerprint density at radius 3 is 1.91 bits per heavy atom. The molecule has 3 unspecified atom stereocenters. The SMILES string of the molecule is CN1C(c2ccccc2)NC(c2ccccc2)NC1c1ccc2c(c1)sc1ccc(-c3cccc4oc5cc(-n6c7ccccc7c7ccccc76)ccc5c34)cc12. The largest absolute Gasteiger partial charge is 0.456 e. The van der Waals surface area contributed by atoms with E-state index in [1.807, 2.05) is 11.3 Å². The summed E-state index contributed by atoms with van der Waals surface area (Å²) < 4.78 is 11.6. The van der Waals surface area contributed by atoms with Crippen LogP contribution >= 0.6 is 11.3 Å². The van der Waals surface area contributed by atoms with Gasteiger partial charge in [0, 0.05) is 53.5 Å². The van der Waals surface area contributed by atoms with Crippen LogP contribution in [0.4, 0.5) is 0 Å². The molecule has 0 radical (unpaired) electrons. The molecule has 0 bridgehead atoms. The molecule has 11 aromatic rings. The number of benzene rings is 8. The number of para-hydroxylation sites is 2. The predicted molar refractivity (Wildman–Crippen MR) is 242 cm³/mol. The van der Waals surface area contributed by atoms with Crippen LogP contribution in [-0.2, 0) is 0 Å². The van der Waals surface area contributed by atoms with E-state index in [4.69, 9.17) is 4.42 Å². The van der Waals surface area contributed by atoms with E-state index in [-0.39, 0.29) is 18.5 Å². The maximum Gasteiger partial charge on any atom is 0.137 e. The zero-order valence-corrected chi connectivity index (χ0v) is 32.6. The molecule has 2 N–H and O–H groups in total. The monoisotopic (exact) mass is 766 g/mol. The Kier molecular flexibility index (Phi) is 7.68. The van der Waals surface area contributed by atoms with Crippen LogP contribution in [0.1, 0.15) is 35.2 Å². The first-order chi connectivity index (χ1) is 28.7. The third-order valence-corrected chi connectivity index (χ3v) is 13.3. The topological polar surface area (TPSA) is 45.4 Å². The smallest absolute Gasteiger partial charge is 0.137 e. The number of nitrogens with zero attached hydrogens (tertiary/aromatic N) is 2. The second-order valence-corrected chi connectivity index (χ2v) is 16.5. The number of hydrogen-bond acceptors (Lipinski definition) is 5. The number of thiophene rings is 1. The third kappa shape index (κ3) is 5.27. The van der Waals surface area contributed by atoms with Crippen molar-refractivity contribution in [3.8, 4) is 16.8 Å². The van der Waals surface area contributed by atoms with Crippen LogP contribution in [0.15, 0.2) is 186 Å². The Balaban J connectivity index is 0.931. The van der Waals surface area contributed by atoms with Gasteiger partial charge in [0.05, 0.1) is 29.5 Å². The van der Waals surface area contributed by atoms with Crippen molar-refractivity contribution < 1.29 is 4.42 Å². The lowest BCUT2D eigenvalue weighted by Gasteiger charge is -2.45. The van der Waals surface area contributed by atoms with Crippen molar-refractivity contribution in [3.05, 3.63) is 199 Å². The van der Waals surface area contributed by atoms with Crippen molar-refractivity contribution >= 4 is 75.3 Å². The minimum absolute atomic E-state index is 0.00397. The van der Waals surface area contributed by atoms with E-state index in [1.165, 1.54) is 69.8 Å². The molecule has 1 aliphatic rings. The summed E-state index contributed by atoms with van der Waals surface area (Å²) in [5, 5.41) is 15.1. The van der Waals surface area contributed by atoms with Gasteiger partial charge in [-0.1, -0.05) is 127 Å². The minimum atomic E-state index is -0.00442. The van der Waals surface area contributed by atoms with Gasteiger partial charge in [-0.15, -0.1) is 11.3 Å². The molecule has 12 rings (SSSR count). The van der Waals surface area contributed by atoms with E-state index in [9.17, 15) is 0 Å². The first kappa shape index (κ1) is 33.6. The Morgan fingerprint density at radius 1 is 0.483 bits per heavy atom. The second kappa shape index (κ2) is 13.3. The number of fused-ring (bicyclic) bond motifs is 9. The van der Waals surface area contributed by atoms with E-state index in [0.717, 1.165) is 27.6 Å². The number of rotatable bonds is 5. The van der Waals surface area contributed by atoms with Crippen molar-refractivity contribution in [3.63, 3.8) is 0 Å². The summed E-state index contributed by atoms with van der Waals surface area (Å²) in [7, 11) is 2.20. The summed E-state index contributed by atoms with van der Waals surface area (Å²) in [6.45, 7) is 0. The van der Waals surface area contributed by atoms with Gasteiger partial charge in [0.25, 0.3) is 0 Å². The van der Waals surface area contributed by atoms with Crippen LogP contribution in [0, 0.1) is 0 Å². The lowest BCUT2D eigenvalue weighted by molar-refractivity contribution is 0.0416. The number of hydrogen-bond donors (Lipinski definition) is 2. The number of furan rings is 1. The molecular formula is C52H38N4OS. The van der Waals surface area contributed by atoms with Gasteiger partial charge in [-0.2, -0.15) is 0 Å². The summed E-state index contributed by atoms with van der Waals surface area (Å²) in [5.74, 6) is 0. The van der Waals surface area contributed by atoms with Crippen LogP contribution in [-0.4, -0.2) is 16.5 Å². The van der Waals surface area contributed by atoms with Gasteiger partial charge < -0.3 is 8.98 Å². The summed E-state index contributed by atoms with van der Waals surface area (Å²) >= 11 is 1.87. The summed E-state index contributed by atoms with van der Waals surface area (Å²) in [5.41, 5.74) is 11.3. The zero-order valence-electron chi connectivity index (χ0n) is 31.8. The maximum absolute atomic E-state index is 6.65. The van der Waals surface area contributed by atoms with Gasteiger partial charge in [-0.05, 0) is 83.4 Å². The molecule has 5 nitrogen and oxygen atoms in total. The first-order valence-electron chi connectivity index (χ1n) is 19.9. The lowest BCUT2D eigenvalue weighted by atomic mass is 9.97. The molecular weight excluding hydrogens is 729 g/mol. The average molecular weight is 767 g/mol. The molecule has 4 heterocycles. The molecule has 0 spiro atoms. The van der Waals surface area contributed by atoms with E-state index < -0.39 is 0 Å². The van der Waals surface area contributed by atoms with Crippen molar-refractivity contribution in [2.75, 3.05) is 7.05 Å². The van der Waals surface area contributed by atoms with E-state index in [0.29, 0.717) is 0 Å². The van der Waals surface area contributed by atoms with E-state index in [2.05, 4.69) is 209 Å². The maximum atomic E-state index is 6.65. The molecule has 6 heteroatoms. The molecule has 1 saturated heterocycles. The van der Waals surface area contributed by atoms with Crippen LogP contribution in [0.2, 0.25) is 0 Å². The third-order valence-electron chi connectivity index (χ3n) is 12.2. The van der Waals surface area contributed by atoms with Gasteiger partial charge in [-0.3, -0.25) is 15.5 Å². The summed E-state index contributed by atoms with van der Waals surface area (Å²) in [4.78, 5) is 2.41. The molecule has 0 saturated carbocycles. The van der Waals surface area contributed by atoms with E-state index >= 15 is 0 Å². The molecule has 278 valence electrons. The van der Waals surface area contributed by atoms with Crippen LogP contribution < -0.4 is 10.6 Å². The van der Waals surface area contributed by atoms with Crippen molar-refractivity contribution in [2.24, 2.45) is 0 Å². The Morgan fingerprint density at radius 2 is 1.16 bits per heavy atom. The molecule has 0 aliphatic carbocycles. The van der Waals surface area contributed by atoms with E-state index in [1.54, 1.807) is 0 Å². The first-order valence-corrected chi connectivity index (χ1v) is 20.7. The van der Waals surface area contributed by atoms with Crippen molar-refractivity contribution in [1.29, 1.82) is 0 Å². The molecule has 1 fully saturated rings. The number of nitrogens with one attached hydrogen (secondary N) is 2. The highest BCUT2D eigenvalue weighted by molar-refractivity contribution is 7.25. The van der Waals surface area contributed by atoms with Crippen LogP contribution in [0.3, 0.4) is 0 Å². The highest BCUT2D eigenvalue weighted by Gasteiger charge is 2.35. The van der Waals surface area contributed by atoms with Crippen LogP contribution in [0.25, 0.3) is 80.7 Å². The second-order valence-electron chi connectivity index (χ2n) is 15.5. The van der Waals surface area contributed by atoms with Gasteiger partial charge in [0.1, 0.15) is 11.2 Å². The Labute approximate surface area is 339 Å². The van der Waals surface area contributed by atoms with Crippen LogP contribution in [0.5, 0.6) is 0 Å². The average Bonchev–Trinajstić information content (AvgIpc) is 3.95. The van der Waals surface area contributed by atoms with Gasteiger partial charge in [-0.25, -0.2) is 0 Å². The van der Waals surface area contributed by atoms with Gasteiger partial charge in [0.2, 0.25) is 0 Å². The summed E-state index contributed by atoms with van der Waals surface area (Å²) in [6, 6.07) is 65.8. The molecule has 58 heavy (non-hydrogen) atoms. The fraction of sp³-hybridized carbons (Fsp3) is 0.0769. The Bertz CT molecular complexity index is 3290. The number of aromatic nitrogens is 1. The molecule has 3 atom stereocenters. The highest BCUT2D eigenvalue weighted by atomic mass is 32.1. The van der Waals surface area contributed by atoms with Gasteiger partial charge >= 0.3 is 0 Å². The molecule has 3 aromatic heterocycles. The fourth-order valence-corrected chi connectivity index (χ4v) is 10.5. The van der Waals surface area contributed by atoms with Crippen molar-refractivity contribution in [1.82, 2.24) is 20.1 Å². The fourth-order valence-electron chi connectivity index (χ4n) is 9.41. The molecule has 8 aromatic carbocycles. The molecule has 1 aliphatic heterocycles. The summed E-state index contributed by atoms with van der Waals surface area (Å²) in [6.07, 6.45) is 0.0415. The minimum Gasteiger partial charge on any atom is -0.456 e. The standard InChI is InChI=1S/C52H38N4OS/c1-55-51(33-15-6-3-7-16-33)53-50(32-13-4-2-5-14-32)54-52(55)35-23-26-40-42-29-34(24-28-47(42)58-48(40)30-35)37-19-12-22-45-49(37)41-27-25-36(31-46(41)57-45)56-43-20-10-8-17-38(43)39-18-9-11-21-44(39)56/h2-31,50-54H,1H3. The quantitative estimate of drug-likeness (QED) is 0.183. The lowest BCUT2D eigenvalue weighted by Crippen LogP contribution is -2.54.